The highest BCUT2D eigenvalue weighted by Crippen LogP contribution is 2.43. The standard InChI is InChI=1S/C26H26O2S/c1-5-28-21-10-7-19(8-11-21)14-24-23-13-9-20(27)15-25(23)29-26(24)22-12-6-16(2)17(3)18(22)4/h6-13,15,27H,5,14H2,1-4H3. The summed E-state index contributed by atoms with van der Waals surface area (Å²) in [5.74, 6) is 1.22. The van der Waals surface area contributed by atoms with Crippen LogP contribution in [0.15, 0.2) is 54.6 Å². The Morgan fingerprint density at radius 1 is 0.897 bits per heavy atom. The monoisotopic (exact) mass is 402 g/mol. The lowest BCUT2D eigenvalue weighted by Crippen LogP contribution is -1.95. The Morgan fingerprint density at radius 3 is 2.38 bits per heavy atom. The van der Waals surface area contributed by atoms with Crippen LogP contribution in [0.2, 0.25) is 0 Å². The highest BCUT2D eigenvalue weighted by atomic mass is 32.1. The van der Waals surface area contributed by atoms with Gasteiger partial charge in [-0.1, -0.05) is 24.3 Å². The van der Waals surface area contributed by atoms with Gasteiger partial charge in [-0.3, -0.25) is 0 Å². The molecular formula is C26H26O2S. The second-order valence-electron chi connectivity index (χ2n) is 7.52. The van der Waals surface area contributed by atoms with E-state index in [4.69, 9.17) is 4.74 Å². The van der Waals surface area contributed by atoms with Crippen LogP contribution in [-0.2, 0) is 6.42 Å². The quantitative estimate of drug-likeness (QED) is 0.383. The second-order valence-corrected chi connectivity index (χ2v) is 8.58. The molecule has 1 N–H and O–H groups in total. The van der Waals surface area contributed by atoms with Crippen molar-refractivity contribution in [3.63, 3.8) is 0 Å². The lowest BCUT2D eigenvalue weighted by Gasteiger charge is -2.13. The summed E-state index contributed by atoms with van der Waals surface area (Å²) in [5, 5.41) is 11.2. The van der Waals surface area contributed by atoms with Crippen molar-refractivity contribution in [3.8, 4) is 21.9 Å². The maximum Gasteiger partial charge on any atom is 0.119 e. The number of phenols is 1. The summed E-state index contributed by atoms with van der Waals surface area (Å²) in [7, 11) is 0. The van der Waals surface area contributed by atoms with E-state index >= 15 is 0 Å². The normalized spacial score (nSPS) is 11.2. The molecule has 0 radical (unpaired) electrons. The number of thiophene rings is 1. The molecule has 3 aromatic carbocycles. The molecule has 1 aromatic heterocycles. The molecule has 0 fully saturated rings. The third-order valence-corrected chi connectivity index (χ3v) is 6.92. The van der Waals surface area contributed by atoms with E-state index < -0.39 is 0 Å². The van der Waals surface area contributed by atoms with Gasteiger partial charge in [0.2, 0.25) is 0 Å². The molecule has 0 aliphatic rings. The maximum atomic E-state index is 10.00. The first-order valence-corrected chi connectivity index (χ1v) is 10.8. The van der Waals surface area contributed by atoms with Crippen LogP contribution in [0.4, 0.5) is 0 Å². The third kappa shape index (κ3) is 3.75. The summed E-state index contributed by atoms with van der Waals surface area (Å²) in [6.45, 7) is 9.24. The minimum absolute atomic E-state index is 0.315. The molecule has 2 nitrogen and oxygen atoms in total. The fraction of sp³-hybridized carbons (Fsp3) is 0.231. The van der Waals surface area contributed by atoms with E-state index in [1.165, 1.54) is 43.6 Å². The molecule has 4 rings (SSSR count). The fourth-order valence-corrected chi connectivity index (χ4v) is 5.15. The Bertz CT molecular complexity index is 1170. The first-order valence-electron chi connectivity index (χ1n) is 10.0. The fourth-order valence-electron chi connectivity index (χ4n) is 3.81. The minimum Gasteiger partial charge on any atom is -0.508 e. The van der Waals surface area contributed by atoms with Crippen molar-refractivity contribution < 1.29 is 9.84 Å². The maximum absolute atomic E-state index is 10.00. The summed E-state index contributed by atoms with van der Waals surface area (Å²) in [4.78, 5) is 1.29. The molecule has 29 heavy (non-hydrogen) atoms. The summed E-state index contributed by atoms with van der Waals surface area (Å²) >= 11 is 1.77. The minimum atomic E-state index is 0.315. The zero-order valence-electron chi connectivity index (χ0n) is 17.4. The van der Waals surface area contributed by atoms with Gasteiger partial charge in [-0.05, 0) is 103 Å². The molecule has 0 saturated carbocycles. The van der Waals surface area contributed by atoms with Gasteiger partial charge in [0.15, 0.2) is 0 Å². The van der Waals surface area contributed by atoms with Gasteiger partial charge in [-0.25, -0.2) is 0 Å². The van der Waals surface area contributed by atoms with Crippen LogP contribution in [0.5, 0.6) is 11.5 Å². The smallest absolute Gasteiger partial charge is 0.119 e. The topological polar surface area (TPSA) is 29.5 Å². The average molecular weight is 403 g/mol. The van der Waals surface area contributed by atoms with Gasteiger partial charge in [0.1, 0.15) is 11.5 Å². The van der Waals surface area contributed by atoms with Gasteiger partial charge in [0, 0.05) is 9.58 Å². The summed E-state index contributed by atoms with van der Waals surface area (Å²) in [6.07, 6.45) is 0.846. The Labute approximate surface area is 176 Å². The number of phenolic OH excluding ortho intramolecular Hbond substituents is 1. The molecule has 0 amide bonds. The van der Waals surface area contributed by atoms with Gasteiger partial charge in [-0.15, -0.1) is 11.3 Å². The number of ether oxygens (including phenoxy) is 1. The van der Waals surface area contributed by atoms with Crippen molar-refractivity contribution in [2.75, 3.05) is 6.61 Å². The zero-order chi connectivity index (χ0) is 20.5. The van der Waals surface area contributed by atoms with Crippen molar-refractivity contribution in [2.24, 2.45) is 0 Å². The summed E-state index contributed by atoms with van der Waals surface area (Å²) in [6, 6.07) is 18.5. The predicted molar refractivity (Wildman–Crippen MR) is 124 cm³/mol. The zero-order valence-corrected chi connectivity index (χ0v) is 18.2. The van der Waals surface area contributed by atoms with Crippen LogP contribution in [0.25, 0.3) is 20.5 Å². The Balaban J connectivity index is 1.85. The molecule has 1 heterocycles. The number of fused-ring (bicyclic) bond motifs is 1. The van der Waals surface area contributed by atoms with E-state index in [0.717, 1.165) is 16.9 Å². The lowest BCUT2D eigenvalue weighted by atomic mass is 9.93. The first kappa shape index (κ1) is 19.5. The van der Waals surface area contributed by atoms with E-state index in [1.807, 2.05) is 31.2 Å². The molecule has 0 spiro atoms. The van der Waals surface area contributed by atoms with Crippen LogP contribution in [0.3, 0.4) is 0 Å². The highest BCUT2D eigenvalue weighted by molar-refractivity contribution is 7.22. The molecule has 4 aromatic rings. The van der Waals surface area contributed by atoms with Gasteiger partial charge in [0.05, 0.1) is 6.61 Å². The Morgan fingerprint density at radius 2 is 1.66 bits per heavy atom. The number of aromatic hydroxyl groups is 1. The van der Waals surface area contributed by atoms with E-state index in [1.54, 1.807) is 17.4 Å². The lowest BCUT2D eigenvalue weighted by molar-refractivity contribution is 0.340. The van der Waals surface area contributed by atoms with Gasteiger partial charge >= 0.3 is 0 Å². The van der Waals surface area contributed by atoms with Gasteiger partial charge in [-0.2, -0.15) is 0 Å². The molecule has 3 heteroatoms. The van der Waals surface area contributed by atoms with Crippen LogP contribution >= 0.6 is 11.3 Å². The molecule has 0 atom stereocenters. The van der Waals surface area contributed by atoms with E-state index in [9.17, 15) is 5.11 Å². The molecule has 148 valence electrons. The molecular weight excluding hydrogens is 376 g/mol. The van der Waals surface area contributed by atoms with Crippen molar-refractivity contribution in [2.45, 2.75) is 34.1 Å². The predicted octanol–water partition coefficient (Wildman–Crippen LogP) is 7.19. The number of hydrogen-bond acceptors (Lipinski definition) is 3. The van der Waals surface area contributed by atoms with Crippen molar-refractivity contribution >= 4 is 21.4 Å². The largest absolute Gasteiger partial charge is 0.508 e. The van der Waals surface area contributed by atoms with Crippen LogP contribution in [-0.4, -0.2) is 11.7 Å². The molecule has 0 aliphatic heterocycles. The molecule has 0 unspecified atom stereocenters. The van der Waals surface area contributed by atoms with Crippen molar-refractivity contribution in [1.82, 2.24) is 0 Å². The SMILES string of the molecule is CCOc1ccc(Cc2c(-c3ccc(C)c(C)c3C)sc3cc(O)ccc23)cc1. The van der Waals surface area contributed by atoms with Crippen LogP contribution in [0.1, 0.15) is 34.7 Å². The number of rotatable bonds is 5. The summed E-state index contributed by atoms with van der Waals surface area (Å²) in [5.41, 5.74) is 7.85. The second kappa shape index (κ2) is 7.92. The highest BCUT2D eigenvalue weighted by Gasteiger charge is 2.17. The van der Waals surface area contributed by atoms with E-state index in [0.29, 0.717) is 12.4 Å². The molecule has 0 bridgehead atoms. The number of aryl methyl sites for hydroxylation is 1. The first-order chi connectivity index (χ1) is 14.0. The Kier molecular flexibility index (Phi) is 5.33. The third-order valence-electron chi connectivity index (χ3n) is 5.69. The van der Waals surface area contributed by atoms with Crippen LogP contribution < -0.4 is 4.74 Å². The average Bonchev–Trinajstić information content (AvgIpc) is 3.05. The number of hydrogen-bond donors (Lipinski definition) is 1. The Hall–Kier alpha value is -2.78. The molecule has 0 saturated heterocycles. The molecule has 0 aliphatic carbocycles. The van der Waals surface area contributed by atoms with Crippen molar-refractivity contribution in [1.29, 1.82) is 0 Å². The van der Waals surface area contributed by atoms with Gasteiger partial charge < -0.3 is 9.84 Å². The van der Waals surface area contributed by atoms with E-state index in [-0.39, 0.29) is 0 Å². The number of benzene rings is 3. The van der Waals surface area contributed by atoms with E-state index in [2.05, 4.69) is 45.0 Å². The van der Waals surface area contributed by atoms with Gasteiger partial charge in [0.25, 0.3) is 0 Å². The summed E-state index contributed by atoms with van der Waals surface area (Å²) < 4.78 is 6.71. The van der Waals surface area contributed by atoms with Crippen LogP contribution in [0, 0.1) is 20.8 Å². The van der Waals surface area contributed by atoms with Crippen molar-refractivity contribution in [3.05, 3.63) is 82.4 Å².